The van der Waals surface area contributed by atoms with Crippen LogP contribution in [0.2, 0.25) is 0 Å². The predicted molar refractivity (Wildman–Crippen MR) is 47.4 cm³/mol. The number of benzene rings is 1. The molecule has 1 aromatic rings. The number of carbonyl (C=O) groups is 1. The van der Waals surface area contributed by atoms with Crippen molar-refractivity contribution in [3.05, 3.63) is 29.8 Å². The van der Waals surface area contributed by atoms with Gasteiger partial charge in [0.25, 0.3) is 0 Å². The van der Waals surface area contributed by atoms with E-state index in [0.29, 0.717) is 0 Å². The molecular weight excluding hydrogens is 170 g/mol. The van der Waals surface area contributed by atoms with Crippen molar-refractivity contribution in [1.29, 1.82) is 0 Å². The van der Waals surface area contributed by atoms with Crippen LogP contribution in [-0.4, -0.2) is 22.2 Å². The molecule has 0 aromatic heterocycles. The van der Waals surface area contributed by atoms with Crippen molar-refractivity contribution < 1.29 is 17.7 Å². The van der Waals surface area contributed by atoms with E-state index in [1.165, 1.54) is 24.3 Å². The second kappa shape index (κ2) is 3.91. The van der Waals surface area contributed by atoms with Crippen LogP contribution in [0.4, 0.5) is 0 Å². The number of phenols is 1. The lowest BCUT2D eigenvalue weighted by Gasteiger charge is -2.05. The van der Waals surface area contributed by atoms with Crippen LogP contribution in [0.25, 0.3) is 0 Å². The zero-order valence-electron chi connectivity index (χ0n) is 8.77. The van der Waals surface area contributed by atoms with E-state index < -0.39 is 18.4 Å². The quantitative estimate of drug-likeness (QED) is 0.631. The predicted octanol–water partition coefficient (Wildman–Crippen LogP) is 0.347. The van der Waals surface area contributed by atoms with Gasteiger partial charge in [0, 0.05) is 1.37 Å². The summed E-state index contributed by atoms with van der Waals surface area (Å²) in [6, 6.07) is 2.97. The molecule has 0 amide bonds. The lowest BCUT2D eigenvalue weighted by atomic mass is 10.1. The van der Waals surface area contributed by atoms with E-state index >= 15 is 0 Å². The number of carboxylic acids is 1. The molecule has 0 aliphatic heterocycles. The fourth-order valence-electron chi connectivity index (χ4n) is 0.812. The molecule has 0 aliphatic carbocycles. The molecule has 2 atom stereocenters. The second-order valence-corrected chi connectivity index (χ2v) is 2.50. The third-order valence-electron chi connectivity index (χ3n) is 1.46. The standard InChI is InChI=1S/C9H11NO3/c10-8(9(12)13)5-6-1-3-7(11)4-2-6/h1-4,8,11H,5,10H2,(H,12,13)/t8-/m1/s1/i5D,8D/t5?,8-. The highest BCUT2D eigenvalue weighted by atomic mass is 16.4. The molecule has 0 fully saturated rings. The highest BCUT2D eigenvalue weighted by Gasteiger charge is 2.11. The molecule has 1 aromatic carbocycles. The Balaban J connectivity index is 2.99. The first kappa shape index (κ1) is 6.91. The smallest absolute Gasteiger partial charge is 0.320 e. The molecule has 0 heterocycles. The number of aromatic hydroxyl groups is 1. The van der Waals surface area contributed by atoms with Crippen LogP contribution < -0.4 is 5.73 Å². The van der Waals surface area contributed by atoms with Crippen molar-refractivity contribution in [1.82, 2.24) is 0 Å². The van der Waals surface area contributed by atoms with Gasteiger partial charge in [-0.2, -0.15) is 0 Å². The van der Waals surface area contributed by atoms with Crippen molar-refractivity contribution >= 4 is 5.97 Å². The molecule has 0 radical (unpaired) electrons. The normalized spacial score (nSPS) is 19.5. The van der Waals surface area contributed by atoms with E-state index in [1.54, 1.807) is 0 Å². The van der Waals surface area contributed by atoms with Gasteiger partial charge in [0.15, 0.2) is 0 Å². The minimum Gasteiger partial charge on any atom is -0.508 e. The number of hydrogen-bond acceptors (Lipinski definition) is 3. The van der Waals surface area contributed by atoms with Crippen LogP contribution in [0.15, 0.2) is 24.3 Å². The molecule has 0 spiro atoms. The lowest BCUT2D eigenvalue weighted by molar-refractivity contribution is -0.138. The summed E-state index contributed by atoms with van der Waals surface area (Å²) < 4.78 is 14.8. The van der Waals surface area contributed by atoms with E-state index in [0.717, 1.165) is 0 Å². The topological polar surface area (TPSA) is 83.5 Å². The van der Waals surface area contributed by atoms with Crippen LogP contribution in [0.1, 0.15) is 8.30 Å². The summed E-state index contributed by atoms with van der Waals surface area (Å²) in [6.07, 6.45) is -1.41. The third-order valence-corrected chi connectivity index (χ3v) is 1.46. The van der Waals surface area contributed by atoms with Gasteiger partial charge in [0.05, 0.1) is 1.37 Å². The van der Waals surface area contributed by atoms with Crippen LogP contribution in [-0.2, 0) is 11.2 Å². The molecular formula is C9H11NO3. The number of carboxylic acid groups (broad SMARTS) is 1. The van der Waals surface area contributed by atoms with Crippen LogP contribution in [0, 0.1) is 0 Å². The summed E-state index contributed by atoms with van der Waals surface area (Å²) in [5.41, 5.74) is 5.46. The first-order valence-electron chi connectivity index (χ1n) is 4.67. The van der Waals surface area contributed by atoms with E-state index in [9.17, 15) is 4.79 Å². The Bertz CT molecular complexity index is 364. The summed E-state index contributed by atoms with van der Waals surface area (Å²) in [6.45, 7) is 0. The minimum absolute atomic E-state index is 0.00822. The summed E-state index contributed by atoms with van der Waals surface area (Å²) in [4.78, 5) is 10.6. The molecule has 0 bridgehead atoms. The van der Waals surface area contributed by atoms with Gasteiger partial charge in [0.2, 0.25) is 0 Å². The molecule has 0 saturated heterocycles. The van der Waals surface area contributed by atoms with Crippen LogP contribution >= 0.6 is 0 Å². The van der Waals surface area contributed by atoms with Gasteiger partial charge in [0.1, 0.15) is 11.8 Å². The van der Waals surface area contributed by atoms with Crippen molar-refractivity contribution in [3.63, 3.8) is 0 Å². The maximum absolute atomic E-state index is 10.6. The molecule has 1 unspecified atom stereocenters. The van der Waals surface area contributed by atoms with E-state index in [4.69, 9.17) is 18.7 Å². The SMILES string of the molecule is [2H]C(c1ccc(O)cc1)[C@@]([2H])(N)C(=O)O. The Labute approximate surface area is 78.4 Å². The third kappa shape index (κ3) is 2.76. The Morgan fingerprint density at radius 1 is 1.62 bits per heavy atom. The summed E-state index contributed by atoms with van der Waals surface area (Å²) in [7, 11) is 0. The Hall–Kier alpha value is -1.55. The molecule has 70 valence electrons. The zero-order chi connectivity index (χ0) is 11.6. The maximum atomic E-state index is 10.6. The van der Waals surface area contributed by atoms with Crippen LogP contribution in [0.5, 0.6) is 5.75 Å². The van der Waals surface area contributed by atoms with E-state index in [2.05, 4.69) is 0 Å². The summed E-state index contributed by atoms with van der Waals surface area (Å²) in [5.74, 6) is -1.55. The van der Waals surface area contributed by atoms with Gasteiger partial charge in [-0.3, -0.25) is 4.79 Å². The fraction of sp³-hybridized carbons (Fsp3) is 0.222. The molecule has 1 rings (SSSR count). The van der Waals surface area contributed by atoms with E-state index in [1.807, 2.05) is 0 Å². The second-order valence-electron chi connectivity index (χ2n) is 2.50. The first-order valence-corrected chi connectivity index (χ1v) is 3.59. The monoisotopic (exact) mass is 183 g/mol. The average Bonchev–Trinajstić information content (AvgIpc) is 2.17. The Morgan fingerprint density at radius 2 is 2.15 bits per heavy atom. The summed E-state index contributed by atoms with van der Waals surface area (Å²) in [5, 5.41) is 17.6. The van der Waals surface area contributed by atoms with Gasteiger partial charge < -0.3 is 15.9 Å². The zero-order valence-corrected chi connectivity index (χ0v) is 6.77. The molecule has 13 heavy (non-hydrogen) atoms. The molecule has 4 N–H and O–H groups in total. The van der Waals surface area contributed by atoms with Crippen molar-refractivity contribution in [2.45, 2.75) is 12.4 Å². The van der Waals surface area contributed by atoms with Gasteiger partial charge >= 0.3 is 5.97 Å². The molecule has 0 saturated carbocycles. The van der Waals surface area contributed by atoms with Crippen LogP contribution in [0.3, 0.4) is 0 Å². The number of aliphatic carboxylic acids is 1. The maximum Gasteiger partial charge on any atom is 0.320 e. The molecule has 4 heteroatoms. The van der Waals surface area contributed by atoms with Gasteiger partial charge in [-0.25, -0.2) is 0 Å². The van der Waals surface area contributed by atoms with Gasteiger partial charge in [-0.05, 0) is 24.1 Å². The number of phenolic OH excluding ortho intramolecular Hbond substituents is 1. The number of hydrogen-bond donors (Lipinski definition) is 3. The van der Waals surface area contributed by atoms with Gasteiger partial charge in [-0.1, -0.05) is 12.1 Å². The summed E-state index contributed by atoms with van der Waals surface area (Å²) >= 11 is 0. The van der Waals surface area contributed by atoms with Crippen molar-refractivity contribution in [2.75, 3.05) is 0 Å². The largest absolute Gasteiger partial charge is 0.508 e. The van der Waals surface area contributed by atoms with Crippen molar-refractivity contribution in [3.8, 4) is 5.75 Å². The highest BCUT2D eigenvalue weighted by molar-refractivity contribution is 5.73. The molecule has 4 nitrogen and oxygen atoms in total. The van der Waals surface area contributed by atoms with E-state index in [-0.39, 0.29) is 11.3 Å². The Morgan fingerprint density at radius 3 is 2.62 bits per heavy atom. The average molecular weight is 183 g/mol. The Kier molecular flexibility index (Phi) is 2.08. The minimum atomic E-state index is -2.39. The fourth-order valence-corrected chi connectivity index (χ4v) is 0.812. The highest BCUT2D eigenvalue weighted by Crippen LogP contribution is 2.10. The first-order chi connectivity index (χ1) is 6.85. The number of rotatable bonds is 3. The van der Waals surface area contributed by atoms with Crippen molar-refractivity contribution in [2.24, 2.45) is 5.73 Å². The van der Waals surface area contributed by atoms with Gasteiger partial charge in [-0.15, -0.1) is 0 Å². The molecule has 0 aliphatic rings. The number of nitrogens with two attached hydrogens (primary N) is 1. The lowest BCUT2D eigenvalue weighted by Crippen LogP contribution is -2.32.